The first-order valence-electron chi connectivity index (χ1n) is 7.10. The Bertz CT molecular complexity index is 686. The number of amides is 1. The molecule has 0 fully saturated rings. The molecule has 3 heterocycles. The van der Waals surface area contributed by atoms with Crippen molar-refractivity contribution in [2.24, 2.45) is 0 Å². The number of aryl methyl sites for hydroxylation is 1. The van der Waals surface area contributed by atoms with Crippen LogP contribution in [0.2, 0.25) is 0 Å². The standard InChI is InChI=1S/C17H19N3O/c1-11-5-6-12(9-19-11)15-13-7-8-18-10-14(13)16(21)20(15)17(2,3)4/h5-10,15H,1-4H3. The van der Waals surface area contributed by atoms with Crippen molar-refractivity contribution in [3.63, 3.8) is 0 Å². The highest BCUT2D eigenvalue weighted by molar-refractivity contribution is 5.99. The number of aromatic nitrogens is 2. The third-order valence-corrected chi connectivity index (χ3v) is 3.83. The smallest absolute Gasteiger partial charge is 0.257 e. The van der Waals surface area contributed by atoms with Crippen LogP contribution >= 0.6 is 0 Å². The predicted molar refractivity (Wildman–Crippen MR) is 81.0 cm³/mol. The maximum absolute atomic E-state index is 12.8. The van der Waals surface area contributed by atoms with Gasteiger partial charge >= 0.3 is 0 Å². The van der Waals surface area contributed by atoms with Crippen LogP contribution in [-0.4, -0.2) is 26.3 Å². The van der Waals surface area contributed by atoms with Gasteiger partial charge in [0.15, 0.2) is 0 Å². The fraction of sp³-hybridized carbons (Fsp3) is 0.353. The van der Waals surface area contributed by atoms with Crippen LogP contribution in [0, 0.1) is 6.92 Å². The lowest BCUT2D eigenvalue weighted by atomic mass is 9.97. The van der Waals surface area contributed by atoms with Gasteiger partial charge in [-0.3, -0.25) is 14.8 Å². The zero-order valence-corrected chi connectivity index (χ0v) is 12.8. The summed E-state index contributed by atoms with van der Waals surface area (Å²) in [7, 11) is 0. The molecule has 21 heavy (non-hydrogen) atoms. The maximum Gasteiger partial charge on any atom is 0.257 e. The first-order chi connectivity index (χ1) is 9.89. The second kappa shape index (κ2) is 4.65. The molecular weight excluding hydrogens is 262 g/mol. The molecule has 1 aliphatic heterocycles. The molecule has 3 rings (SSSR count). The molecule has 1 unspecified atom stereocenters. The number of rotatable bonds is 1. The van der Waals surface area contributed by atoms with E-state index in [1.165, 1.54) is 0 Å². The number of nitrogens with zero attached hydrogens (tertiary/aromatic N) is 3. The first-order valence-corrected chi connectivity index (χ1v) is 7.10. The topological polar surface area (TPSA) is 46.1 Å². The highest BCUT2D eigenvalue weighted by Gasteiger charge is 2.43. The largest absolute Gasteiger partial charge is 0.323 e. The van der Waals surface area contributed by atoms with Crippen LogP contribution < -0.4 is 0 Å². The summed E-state index contributed by atoms with van der Waals surface area (Å²) in [6.07, 6.45) is 5.27. The fourth-order valence-corrected chi connectivity index (χ4v) is 2.87. The molecule has 1 amide bonds. The van der Waals surface area contributed by atoms with Gasteiger partial charge in [-0.15, -0.1) is 0 Å². The summed E-state index contributed by atoms with van der Waals surface area (Å²) in [6, 6.07) is 5.88. The zero-order valence-electron chi connectivity index (χ0n) is 12.8. The van der Waals surface area contributed by atoms with Crippen LogP contribution in [0.25, 0.3) is 0 Å². The second-order valence-electron chi connectivity index (χ2n) is 6.44. The summed E-state index contributed by atoms with van der Waals surface area (Å²) >= 11 is 0. The number of hydrogen-bond donors (Lipinski definition) is 0. The average molecular weight is 281 g/mol. The zero-order chi connectivity index (χ0) is 15.2. The molecule has 1 atom stereocenters. The van der Waals surface area contributed by atoms with Gasteiger partial charge in [0.1, 0.15) is 0 Å². The van der Waals surface area contributed by atoms with Crippen molar-refractivity contribution < 1.29 is 4.79 Å². The SMILES string of the molecule is Cc1ccc(C2c3ccncc3C(=O)N2C(C)(C)C)cn1. The molecule has 2 aromatic rings. The number of hydrogen-bond acceptors (Lipinski definition) is 3. The molecular formula is C17H19N3O. The van der Waals surface area contributed by atoms with Gasteiger partial charge in [-0.25, -0.2) is 0 Å². The Morgan fingerprint density at radius 1 is 1.14 bits per heavy atom. The average Bonchev–Trinajstić information content (AvgIpc) is 2.74. The highest BCUT2D eigenvalue weighted by Crippen LogP contribution is 2.41. The summed E-state index contributed by atoms with van der Waals surface area (Å²) in [4.78, 5) is 23.2. The van der Waals surface area contributed by atoms with Gasteiger partial charge in [0.05, 0.1) is 11.6 Å². The van der Waals surface area contributed by atoms with Crippen LogP contribution in [0.3, 0.4) is 0 Å². The molecule has 108 valence electrons. The fourth-order valence-electron chi connectivity index (χ4n) is 2.87. The van der Waals surface area contributed by atoms with Crippen molar-refractivity contribution in [2.45, 2.75) is 39.3 Å². The predicted octanol–water partition coefficient (Wildman–Crippen LogP) is 3.13. The molecule has 0 saturated heterocycles. The van der Waals surface area contributed by atoms with E-state index in [1.807, 2.05) is 30.2 Å². The number of carbonyl (C=O) groups is 1. The molecule has 0 N–H and O–H groups in total. The van der Waals surface area contributed by atoms with Gasteiger partial charge in [0, 0.05) is 29.8 Å². The quantitative estimate of drug-likeness (QED) is 0.806. The Hall–Kier alpha value is -2.23. The molecule has 2 aromatic heterocycles. The van der Waals surface area contributed by atoms with Gasteiger partial charge in [-0.2, -0.15) is 0 Å². The van der Waals surface area contributed by atoms with Gasteiger partial charge in [-0.05, 0) is 51.0 Å². The molecule has 4 nitrogen and oxygen atoms in total. The highest BCUT2D eigenvalue weighted by atomic mass is 16.2. The number of pyridine rings is 2. The van der Waals surface area contributed by atoms with Crippen LogP contribution in [0.1, 0.15) is 54.0 Å². The minimum absolute atomic E-state index is 0.0381. The first kappa shape index (κ1) is 13.7. The van der Waals surface area contributed by atoms with E-state index in [9.17, 15) is 4.79 Å². The van der Waals surface area contributed by atoms with Crippen molar-refractivity contribution in [2.75, 3.05) is 0 Å². The maximum atomic E-state index is 12.8. The Labute approximate surface area is 124 Å². The summed E-state index contributed by atoms with van der Waals surface area (Å²) in [6.45, 7) is 8.12. The molecule has 0 bridgehead atoms. The van der Waals surface area contributed by atoms with Crippen molar-refractivity contribution in [1.29, 1.82) is 0 Å². The van der Waals surface area contributed by atoms with E-state index in [0.29, 0.717) is 5.56 Å². The Kier molecular flexibility index (Phi) is 3.04. The Balaban J connectivity index is 2.18. The van der Waals surface area contributed by atoms with E-state index >= 15 is 0 Å². The van der Waals surface area contributed by atoms with Crippen molar-refractivity contribution in [3.8, 4) is 0 Å². The van der Waals surface area contributed by atoms with Crippen molar-refractivity contribution >= 4 is 5.91 Å². The third-order valence-electron chi connectivity index (χ3n) is 3.83. The third kappa shape index (κ3) is 2.20. The van der Waals surface area contributed by atoms with Crippen molar-refractivity contribution in [3.05, 3.63) is 59.2 Å². The Morgan fingerprint density at radius 3 is 2.52 bits per heavy atom. The van der Waals surface area contributed by atoms with E-state index in [-0.39, 0.29) is 17.5 Å². The summed E-state index contributed by atoms with van der Waals surface area (Å²) < 4.78 is 0. The Morgan fingerprint density at radius 2 is 1.90 bits per heavy atom. The monoisotopic (exact) mass is 281 g/mol. The molecule has 0 spiro atoms. The molecule has 0 saturated carbocycles. The molecule has 1 aliphatic rings. The van der Waals surface area contributed by atoms with Crippen molar-refractivity contribution in [1.82, 2.24) is 14.9 Å². The van der Waals surface area contributed by atoms with E-state index in [2.05, 4.69) is 36.8 Å². The second-order valence-corrected chi connectivity index (χ2v) is 6.44. The molecule has 4 heteroatoms. The lowest BCUT2D eigenvalue weighted by Crippen LogP contribution is -2.44. The van der Waals surface area contributed by atoms with Gasteiger partial charge in [0.2, 0.25) is 0 Å². The number of fused-ring (bicyclic) bond motifs is 1. The summed E-state index contributed by atoms with van der Waals surface area (Å²) in [5.41, 5.74) is 3.44. The van der Waals surface area contributed by atoms with Crippen LogP contribution in [0.5, 0.6) is 0 Å². The summed E-state index contributed by atoms with van der Waals surface area (Å²) in [5.74, 6) is 0.0381. The minimum Gasteiger partial charge on any atom is -0.323 e. The minimum atomic E-state index is -0.272. The van der Waals surface area contributed by atoms with Gasteiger partial charge in [-0.1, -0.05) is 6.07 Å². The van der Waals surface area contributed by atoms with Crippen LogP contribution in [-0.2, 0) is 0 Å². The van der Waals surface area contributed by atoms with E-state index in [4.69, 9.17) is 0 Å². The van der Waals surface area contributed by atoms with E-state index < -0.39 is 0 Å². The lowest BCUT2D eigenvalue weighted by Gasteiger charge is -2.37. The molecule has 0 radical (unpaired) electrons. The number of carbonyl (C=O) groups excluding carboxylic acids is 1. The van der Waals surface area contributed by atoms with E-state index in [0.717, 1.165) is 16.8 Å². The van der Waals surface area contributed by atoms with E-state index in [1.54, 1.807) is 12.4 Å². The molecule has 0 aliphatic carbocycles. The lowest BCUT2D eigenvalue weighted by molar-refractivity contribution is 0.0551. The normalized spacial score (nSPS) is 18.0. The van der Waals surface area contributed by atoms with Crippen LogP contribution in [0.15, 0.2) is 36.8 Å². The van der Waals surface area contributed by atoms with Gasteiger partial charge < -0.3 is 4.90 Å². The van der Waals surface area contributed by atoms with Crippen LogP contribution in [0.4, 0.5) is 0 Å². The molecule has 0 aromatic carbocycles. The van der Waals surface area contributed by atoms with Gasteiger partial charge in [0.25, 0.3) is 5.91 Å². The summed E-state index contributed by atoms with van der Waals surface area (Å²) in [5, 5.41) is 0.